The quantitative estimate of drug-likeness (QED) is 0.694. The van der Waals surface area contributed by atoms with Crippen LogP contribution in [0, 0.1) is 0 Å². The van der Waals surface area contributed by atoms with Gasteiger partial charge >= 0.3 is 12.1 Å². The molecule has 4 nitrogen and oxygen atoms in total. The molecule has 0 aromatic carbocycles. The molecule has 1 aromatic heterocycles. The van der Waals surface area contributed by atoms with Gasteiger partial charge in [0.2, 0.25) is 5.88 Å². The van der Waals surface area contributed by atoms with Crippen molar-refractivity contribution in [1.29, 1.82) is 0 Å². The fourth-order valence-electron chi connectivity index (χ4n) is 0.645. The third-order valence-corrected chi connectivity index (χ3v) is 1.18. The molecule has 1 rings (SSSR count). The SMILES string of the molecule is O=C(Oc1cccc(=O)[nH]1)C(F)(F)F. The van der Waals surface area contributed by atoms with E-state index in [-0.39, 0.29) is 0 Å². The highest BCUT2D eigenvalue weighted by atomic mass is 19.4. The standard InChI is InChI=1S/C7H4F3NO3/c8-7(9,10)6(13)14-5-3-1-2-4(12)11-5/h1-3H,(H,11,12). The second kappa shape index (κ2) is 3.52. The topological polar surface area (TPSA) is 59.2 Å². The lowest BCUT2D eigenvalue weighted by Crippen LogP contribution is -2.28. The van der Waals surface area contributed by atoms with Crippen LogP contribution in [0.2, 0.25) is 0 Å². The predicted molar refractivity (Wildman–Crippen MR) is 38.8 cm³/mol. The van der Waals surface area contributed by atoms with Crippen LogP contribution in [0.15, 0.2) is 23.0 Å². The fraction of sp³-hybridized carbons (Fsp3) is 0.143. The number of alkyl halides is 3. The molecule has 0 aliphatic rings. The Morgan fingerprint density at radius 1 is 1.36 bits per heavy atom. The first-order chi connectivity index (χ1) is 6.39. The van der Waals surface area contributed by atoms with Crippen molar-refractivity contribution in [2.24, 2.45) is 0 Å². The van der Waals surface area contributed by atoms with Crippen molar-refractivity contribution in [1.82, 2.24) is 4.98 Å². The molecule has 7 heteroatoms. The average molecular weight is 207 g/mol. The van der Waals surface area contributed by atoms with Crippen LogP contribution in [0.3, 0.4) is 0 Å². The number of hydrogen-bond acceptors (Lipinski definition) is 3. The van der Waals surface area contributed by atoms with Gasteiger partial charge < -0.3 is 4.74 Å². The number of aromatic nitrogens is 1. The van der Waals surface area contributed by atoms with Crippen LogP contribution in [0.4, 0.5) is 13.2 Å². The maximum atomic E-state index is 11.7. The van der Waals surface area contributed by atoms with Crippen molar-refractivity contribution in [3.8, 4) is 5.88 Å². The lowest BCUT2D eigenvalue weighted by atomic mass is 10.5. The van der Waals surface area contributed by atoms with E-state index in [1.54, 1.807) is 0 Å². The molecule has 0 atom stereocenters. The molecule has 1 heterocycles. The summed E-state index contributed by atoms with van der Waals surface area (Å²) in [6, 6.07) is 3.27. The largest absolute Gasteiger partial charge is 0.491 e. The summed E-state index contributed by atoms with van der Waals surface area (Å²) in [6.07, 6.45) is -5.08. The number of H-pyrrole nitrogens is 1. The molecule has 0 aliphatic heterocycles. The number of carbonyl (C=O) groups excluding carboxylic acids is 1. The molecular formula is C7H4F3NO3. The van der Waals surface area contributed by atoms with E-state index < -0.39 is 23.6 Å². The molecule has 1 aromatic rings. The molecule has 0 fully saturated rings. The van der Waals surface area contributed by atoms with Gasteiger partial charge in [0.1, 0.15) is 0 Å². The molecule has 0 unspecified atom stereocenters. The maximum absolute atomic E-state index is 11.7. The van der Waals surface area contributed by atoms with E-state index in [9.17, 15) is 22.8 Å². The van der Waals surface area contributed by atoms with E-state index in [1.165, 1.54) is 0 Å². The van der Waals surface area contributed by atoms with E-state index in [0.29, 0.717) is 0 Å². The maximum Gasteiger partial charge on any atom is 0.491 e. The van der Waals surface area contributed by atoms with Crippen molar-refractivity contribution < 1.29 is 22.7 Å². The molecular weight excluding hydrogens is 203 g/mol. The summed E-state index contributed by atoms with van der Waals surface area (Å²) in [7, 11) is 0. The number of nitrogens with one attached hydrogen (secondary N) is 1. The molecule has 0 bridgehead atoms. The molecule has 0 saturated heterocycles. The van der Waals surface area contributed by atoms with E-state index in [1.807, 2.05) is 4.98 Å². The number of carbonyl (C=O) groups is 1. The number of pyridine rings is 1. The minimum absolute atomic E-state index is 0.542. The van der Waals surface area contributed by atoms with Crippen molar-refractivity contribution >= 4 is 5.97 Å². The van der Waals surface area contributed by atoms with Crippen molar-refractivity contribution in [2.45, 2.75) is 6.18 Å². The van der Waals surface area contributed by atoms with Gasteiger partial charge in [-0.1, -0.05) is 6.07 Å². The molecule has 0 saturated carbocycles. The van der Waals surface area contributed by atoms with Gasteiger partial charge in [-0.15, -0.1) is 0 Å². The fourth-order valence-corrected chi connectivity index (χ4v) is 0.645. The number of esters is 1. The molecule has 14 heavy (non-hydrogen) atoms. The van der Waals surface area contributed by atoms with Crippen LogP contribution in [-0.2, 0) is 4.79 Å². The summed E-state index contributed by atoms with van der Waals surface area (Å²) >= 11 is 0. The van der Waals surface area contributed by atoms with Gasteiger partial charge in [0, 0.05) is 6.07 Å². The van der Waals surface area contributed by atoms with Gasteiger partial charge in [0.25, 0.3) is 5.56 Å². The van der Waals surface area contributed by atoms with Crippen molar-refractivity contribution in [2.75, 3.05) is 0 Å². The second-order valence-electron chi connectivity index (χ2n) is 2.27. The molecule has 1 N–H and O–H groups in total. The van der Waals surface area contributed by atoms with Gasteiger partial charge in [-0.3, -0.25) is 9.78 Å². The zero-order chi connectivity index (χ0) is 10.8. The van der Waals surface area contributed by atoms with Crippen LogP contribution in [-0.4, -0.2) is 17.1 Å². The Kier molecular flexibility index (Phi) is 2.59. The molecule has 76 valence electrons. The molecule has 0 spiro atoms. The van der Waals surface area contributed by atoms with E-state index in [2.05, 4.69) is 4.74 Å². The Bertz CT molecular complexity index is 396. The number of halogens is 3. The van der Waals surface area contributed by atoms with Gasteiger partial charge in [0.05, 0.1) is 0 Å². The highest BCUT2D eigenvalue weighted by Gasteiger charge is 2.41. The van der Waals surface area contributed by atoms with Gasteiger partial charge in [-0.25, -0.2) is 4.79 Å². The zero-order valence-electron chi connectivity index (χ0n) is 6.59. The van der Waals surface area contributed by atoms with Crippen LogP contribution >= 0.6 is 0 Å². The molecule has 0 radical (unpaired) electrons. The summed E-state index contributed by atoms with van der Waals surface area (Å²) in [6.45, 7) is 0. The number of hydrogen-bond donors (Lipinski definition) is 1. The van der Waals surface area contributed by atoms with E-state index in [4.69, 9.17) is 0 Å². The lowest BCUT2D eigenvalue weighted by molar-refractivity contribution is -0.190. The average Bonchev–Trinajstić information content (AvgIpc) is 2.02. The summed E-state index contributed by atoms with van der Waals surface area (Å²) in [5.74, 6) is -2.92. The molecule has 0 aliphatic carbocycles. The summed E-state index contributed by atoms with van der Waals surface area (Å²) in [5, 5.41) is 0. The first kappa shape index (κ1) is 10.3. The number of ether oxygens (including phenoxy) is 1. The summed E-state index contributed by atoms with van der Waals surface area (Å²) in [5.41, 5.74) is -0.655. The summed E-state index contributed by atoms with van der Waals surface area (Å²) in [4.78, 5) is 22.8. The van der Waals surface area contributed by atoms with E-state index >= 15 is 0 Å². The summed E-state index contributed by atoms with van der Waals surface area (Å²) < 4.78 is 38.8. The first-order valence-electron chi connectivity index (χ1n) is 3.38. The van der Waals surface area contributed by atoms with Crippen LogP contribution in [0.1, 0.15) is 0 Å². The number of rotatable bonds is 1. The van der Waals surface area contributed by atoms with Crippen molar-refractivity contribution in [3.05, 3.63) is 28.6 Å². The third-order valence-electron chi connectivity index (χ3n) is 1.18. The predicted octanol–water partition coefficient (Wildman–Crippen LogP) is 0.843. The Morgan fingerprint density at radius 2 is 2.00 bits per heavy atom. The van der Waals surface area contributed by atoms with Crippen molar-refractivity contribution in [3.63, 3.8) is 0 Å². The monoisotopic (exact) mass is 207 g/mol. The highest BCUT2D eigenvalue weighted by Crippen LogP contribution is 2.17. The third kappa shape index (κ3) is 2.61. The Hall–Kier alpha value is -1.79. The van der Waals surface area contributed by atoms with E-state index in [0.717, 1.165) is 18.2 Å². The Morgan fingerprint density at radius 3 is 2.50 bits per heavy atom. The Labute approximate surface area is 75.3 Å². The highest BCUT2D eigenvalue weighted by molar-refractivity contribution is 5.77. The van der Waals surface area contributed by atoms with Gasteiger partial charge in [-0.05, 0) is 6.07 Å². The minimum Gasteiger partial charge on any atom is -0.403 e. The number of aromatic amines is 1. The van der Waals surface area contributed by atoms with Crippen LogP contribution < -0.4 is 10.3 Å². The second-order valence-corrected chi connectivity index (χ2v) is 2.27. The minimum atomic E-state index is -5.08. The Balaban J connectivity index is 2.80. The smallest absolute Gasteiger partial charge is 0.403 e. The van der Waals surface area contributed by atoms with Crippen LogP contribution in [0.5, 0.6) is 5.88 Å². The van der Waals surface area contributed by atoms with Gasteiger partial charge in [-0.2, -0.15) is 13.2 Å². The molecule has 0 amide bonds. The van der Waals surface area contributed by atoms with Crippen LogP contribution in [0.25, 0.3) is 0 Å². The zero-order valence-corrected chi connectivity index (χ0v) is 6.59. The first-order valence-corrected chi connectivity index (χ1v) is 3.38. The lowest BCUT2D eigenvalue weighted by Gasteiger charge is -2.05. The normalized spacial score (nSPS) is 11.1. The van der Waals surface area contributed by atoms with Gasteiger partial charge in [0.15, 0.2) is 0 Å².